The summed E-state index contributed by atoms with van der Waals surface area (Å²) in [5.41, 5.74) is 2.56. The zero-order valence-electron chi connectivity index (χ0n) is 16.5. The Labute approximate surface area is 157 Å². The van der Waals surface area contributed by atoms with Gasteiger partial charge in [0.05, 0.1) is 0 Å². The number of Topliss-reactive ketones (excluding diaryl/α,β-unsaturated/α-hetero) is 1. The average Bonchev–Trinajstić information content (AvgIpc) is 2.94. The summed E-state index contributed by atoms with van der Waals surface area (Å²) in [6.07, 6.45) is 12.9. The van der Waals surface area contributed by atoms with E-state index in [0.717, 1.165) is 12.0 Å². The van der Waals surface area contributed by atoms with E-state index < -0.39 is 0 Å². The molecule has 3 saturated carbocycles. The molecule has 4 aliphatic carbocycles. The Morgan fingerprint density at radius 3 is 2.65 bits per heavy atom. The highest BCUT2D eigenvalue weighted by molar-refractivity contribution is 6.05. The standard InChI is InChI=1S/C24H32O2/c1-5-6-15(2)18-7-8-19-17-14-22(26)21-13-16(25)9-11-24(21,4)20(17)10-12-23(18,19)3/h5-6,13,17-20H,1,7-12,14H2,2-4H3/t17?,18-,19?,20?,23-,24-/m1/s1. The lowest BCUT2D eigenvalue weighted by Crippen LogP contribution is -2.52. The van der Waals surface area contributed by atoms with Crippen molar-refractivity contribution in [2.45, 2.75) is 65.7 Å². The van der Waals surface area contributed by atoms with Crippen molar-refractivity contribution in [1.82, 2.24) is 0 Å². The van der Waals surface area contributed by atoms with Crippen molar-refractivity contribution in [3.63, 3.8) is 0 Å². The monoisotopic (exact) mass is 352 g/mol. The van der Waals surface area contributed by atoms with E-state index in [4.69, 9.17) is 0 Å². The zero-order chi connectivity index (χ0) is 18.7. The molecule has 0 aliphatic heterocycles. The summed E-state index contributed by atoms with van der Waals surface area (Å²) < 4.78 is 0. The van der Waals surface area contributed by atoms with Gasteiger partial charge in [-0.15, -0.1) is 0 Å². The van der Waals surface area contributed by atoms with Crippen LogP contribution in [0, 0.1) is 34.5 Å². The molecule has 140 valence electrons. The average molecular weight is 353 g/mol. The largest absolute Gasteiger partial charge is 0.295 e. The first-order valence-electron chi connectivity index (χ1n) is 10.4. The second-order valence-corrected chi connectivity index (χ2v) is 9.77. The summed E-state index contributed by atoms with van der Waals surface area (Å²) in [5.74, 6) is 2.74. The van der Waals surface area contributed by atoms with Crippen molar-refractivity contribution in [3.8, 4) is 0 Å². The van der Waals surface area contributed by atoms with Crippen molar-refractivity contribution >= 4 is 11.6 Å². The molecule has 0 radical (unpaired) electrons. The van der Waals surface area contributed by atoms with Gasteiger partial charge in [0.1, 0.15) is 0 Å². The number of carbonyl (C=O) groups excluding carboxylic acids is 2. The number of allylic oxidation sites excluding steroid dienone is 4. The van der Waals surface area contributed by atoms with Crippen LogP contribution in [0.5, 0.6) is 0 Å². The summed E-state index contributed by atoms with van der Waals surface area (Å²) >= 11 is 0. The highest BCUT2D eigenvalue weighted by Crippen LogP contribution is 2.66. The molecule has 0 aromatic carbocycles. The van der Waals surface area contributed by atoms with Gasteiger partial charge in [0.15, 0.2) is 11.6 Å². The third-order valence-corrected chi connectivity index (χ3v) is 8.72. The van der Waals surface area contributed by atoms with E-state index in [9.17, 15) is 9.59 Å². The van der Waals surface area contributed by atoms with Gasteiger partial charge in [-0.1, -0.05) is 38.2 Å². The maximum atomic E-state index is 13.0. The molecule has 2 nitrogen and oxygen atoms in total. The molecule has 0 N–H and O–H groups in total. The third-order valence-electron chi connectivity index (χ3n) is 8.72. The Kier molecular flexibility index (Phi) is 4.17. The minimum Gasteiger partial charge on any atom is -0.295 e. The van der Waals surface area contributed by atoms with Gasteiger partial charge in [0.25, 0.3) is 0 Å². The number of hydrogen-bond donors (Lipinski definition) is 0. The van der Waals surface area contributed by atoms with Gasteiger partial charge in [-0.3, -0.25) is 9.59 Å². The van der Waals surface area contributed by atoms with Crippen molar-refractivity contribution in [1.29, 1.82) is 0 Å². The van der Waals surface area contributed by atoms with E-state index in [1.807, 2.05) is 6.08 Å². The second-order valence-electron chi connectivity index (χ2n) is 9.77. The fourth-order valence-corrected chi connectivity index (χ4v) is 7.44. The van der Waals surface area contributed by atoms with E-state index in [2.05, 4.69) is 33.4 Å². The fourth-order valence-electron chi connectivity index (χ4n) is 7.44. The van der Waals surface area contributed by atoms with Gasteiger partial charge >= 0.3 is 0 Å². The van der Waals surface area contributed by atoms with E-state index in [0.29, 0.717) is 41.9 Å². The van der Waals surface area contributed by atoms with E-state index >= 15 is 0 Å². The lowest BCUT2D eigenvalue weighted by molar-refractivity contribution is -0.131. The molecule has 0 bridgehead atoms. The molecular formula is C24H32O2. The van der Waals surface area contributed by atoms with Gasteiger partial charge in [0, 0.05) is 18.4 Å². The molecule has 6 atom stereocenters. The van der Waals surface area contributed by atoms with Crippen LogP contribution in [0.25, 0.3) is 0 Å². The van der Waals surface area contributed by atoms with Crippen LogP contribution in [0.15, 0.2) is 36.0 Å². The van der Waals surface area contributed by atoms with Crippen molar-refractivity contribution in [3.05, 3.63) is 36.0 Å². The minimum atomic E-state index is -0.0701. The summed E-state index contributed by atoms with van der Waals surface area (Å²) in [5, 5.41) is 0. The minimum absolute atomic E-state index is 0.0701. The van der Waals surface area contributed by atoms with Crippen molar-refractivity contribution in [2.24, 2.45) is 34.5 Å². The van der Waals surface area contributed by atoms with Crippen LogP contribution in [0.4, 0.5) is 0 Å². The molecule has 0 spiro atoms. The molecule has 3 fully saturated rings. The maximum absolute atomic E-state index is 13.0. The SMILES string of the molecule is C=CC=C(C)[C@H]1CCC2C3CC(=O)C4=CC(=O)CC[C@]4(C)C3CC[C@@]21C. The van der Waals surface area contributed by atoms with Crippen LogP contribution in [-0.2, 0) is 9.59 Å². The van der Waals surface area contributed by atoms with Crippen molar-refractivity contribution < 1.29 is 9.59 Å². The van der Waals surface area contributed by atoms with E-state index in [1.54, 1.807) is 6.08 Å². The molecule has 4 rings (SSSR count). The first kappa shape index (κ1) is 17.9. The first-order valence-corrected chi connectivity index (χ1v) is 10.4. The molecule has 0 aromatic rings. The highest BCUT2D eigenvalue weighted by atomic mass is 16.1. The number of rotatable bonds is 2. The first-order chi connectivity index (χ1) is 12.3. The molecule has 26 heavy (non-hydrogen) atoms. The smallest absolute Gasteiger partial charge is 0.159 e. The molecular weight excluding hydrogens is 320 g/mol. The third kappa shape index (κ3) is 2.37. The van der Waals surface area contributed by atoms with Crippen LogP contribution in [0.3, 0.4) is 0 Å². The number of hydrogen-bond acceptors (Lipinski definition) is 2. The van der Waals surface area contributed by atoms with Gasteiger partial charge in [-0.2, -0.15) is 0 Å². The molecule has 2 heteroatoms. The zero-order valence-corrected chi connectivity index (χ0v) is 16.5. The van der Waals surface area contributed by atoms with Crippen LogP contribution < -0.4 is 0 Å². The quantitative estimate of drug-likeness (QED) is 0.620. The Balaban J connectivity index is 1.69. The summed E-state index contributed by atoms with van der Waals surface area (Å²) in [4.78, 5) is 24.9. The van der Waals surface area contributed by atoms with Gasteiger partial charge < -0.3 is 0 Å². The number of ketones is 2. The lowest BCUT2D eigenvalue weighted by atomic mass is 9.46. The van der Waals surface area contributed by atoms with Crippen LogP contribution in [-0.4, -0.2) is 11.6 Å². The van der Waals surface area contributed by atoms with Gasteiger partial charge in [-0.25, -0.2) is 0 Å². The fraction of sp³-hybridized carbons (Fsp3) is 0.667. The maximum Gasteiger partial charge on any atom is 0.159 e. The lowest BCUT2D eigenvalue weighted by Gasteiger charge is -2.57. The Hall–Kier alpha value is -1.44. The second kappa shape index (κ2) is 6.04. The van der Waals surface area contributed by atoms with Crippen LogP contribution in [0.2, 0.25) is 0 Å². The predicted octanol–water partition coefficient (Wildman–Crippen LogP) is 5.45. The van der Waals surface area contributed by atoms with Crippen LogP contribution in [0.1, 0.15) is 65.7 Å². The molecule has 0 aromatic heterocycles. The topological polar surface area (TPSA) is 34.1 Å². The molecule has 4 aliphatic rings. The van der Waals surface area contributed by atoms with E-state index in [1.165, 1.54) is 31.3 Å². The predicted molar refractivity (Wildman–Crippen MR) is 105 cm³/mol. The molecule has 0 amide bonds. The summed E-state index contributed by atoms with van der Waals surface area (Å²) in [7, 11) is 0. The van der Waals surface area contributed by atoms with Gasteiger partial charge in [-0.05, 0) is 79.6 Å². The highest BCUT2D eigenvalue weighted by Gasteiger charge is 2.60. The Bertz CT molecular complexity index is 726. The summed E-state index contributed by atoms with van der Waals surface area (Å²) in [6, 6.07) is 0. The molecule has 0 heterocycles. The Morgan fingerprint density at radius 2 is 1.92 bits per heavy atom. The molecule has 0 saturated heterocycles. The summed E-state index contributed by atoms with van der Waals surface area (Å²) in [6.45, 7) is 10.9. The van der Waals surface area contributed by atoms with Crippen LogP contribution >= 0.6 is 0 Å². The number of carbonyl (C=O) groups is 2. The van der Waals surface area contributed by atoms with E-state index in [-0.39, 0.29) is 17.0 Å². The van der Waals surface area contributed by atoms with Gasteiger partial charge in [0.2, 0.25) is 0 Å². The van der Waals surface area contributed by atoms with Crippen molar-refractivity contribution in [2.75, 3.05) is 0 Å². The number of fused-ring (bicyclic) bond motifs is 5. The normalized spacial score (nSPS) is 45.5. The Morgan fingerprint density at radius 1 is 1.15 bits per heavy atom. The molecule has 3 unspecified atom stereocenters.